The molecule has 0 aliphatic heterocycles. The van der Waals surface area contributed by atoms with Gasteiger partial charge in [-0.25, -0.2) is 46.3 Å². The summed E-state index contributed by atoms with van der Waals surface area (Å²) in [5.41, 5.74) is 1.46. The van der Waals surface area contributed by atoms with Crippen LogP contribution in [0.3, 0.4) is 0 Å². The molecule has 0 radical (unpaired) electrons. The van der Waals surface area contributed by atoms with Gasteiger partial charge in [-0.15, -0.1) is 0 Å². The number of amides is 2. The first kappa shape index (κ1) is 45.7. The predicted octanol–water partition coefficient (Wildman–Crippen LogP) is 18.6. The second-order valence-electron chi connectivity index (χ2n) is 23.8. The van der Waals surface area contributed by atoms with Crippen molar-refractivity contribution in [3.8, 4) is 22.3 Å². The molecule has 0 saturated heterocycles. The van der Waals surface area contributed by atoms with E-state index in [-0.39, 0.29) is 50.5 Å². The van der Waals surface area contributed by atoms with Gasteiger partial charge in [-0.1, -0.05) is 133 Å². The van der Waals surface area contributed by atoms with Crippen LogP contribution >= 0.6 is 0 Å². The Morgan fingerprint density at radius 2 is 0.805 bits per heavy atom. The van der Waals surface area contributed by atoms with Crippen molar-refractivity contribution in [1.82, 2.24) is 9.80 Å². The predicted molar refractivity (Wildman–Crippen MR) is 365 cm³/mol. The number of aliphatic hydroxyl groups is 1. The summed E-state index contributed by atoms with van der Waals surface area (Å²) in [7, 11) is 2.61. The lowest BCUT2D eigenvalue weighted by molar-refractivity contribution is -0.172. The first-order valence-electron chi connectivity index (χ1n) is 48.1. The number of aliphatic hydroxyl groups excluding tert-OH is 1. The Hall–Kier alpha value is -8.58. The van der Waals surface area contributed by atoms with Crippen molar-refractivity contribution in [2.45, 2.75) is 155 Å². The van der Waals surface area contributed by atoms with Crippen LogP contribution in [0.15, 0.2) is 158 Å². The van der Waals surface area contributed by atoms with E-state index in [0.717, 1.165) is 48.7 Å². The lowest BCUT2D eigenvalue weighted by Crippen LogP contribution is -2.49. The molecule has 0 heterocycles. The lowest BCUT2D eigenvalue weighted by atomic mass is 9.99. The Bertz CT molecular complexity index is 3250. The van der Waals surface area contributed by atoms with E-state index in [1.807, 2.05) is 72.8 Å². The number of rotatable bonds is 21. The number of aliphatic carboxylic acids is 1. The number of nitrogens with zero attached hydrogens (tertiary/aromatic N) is 2. The van der Waals surface area contributed by atoms with E-state index in [2.05, 4.69) is 0 Å². The van der Waals surface area contributed by atoms with Crippen molar-refractivity contribution >= 4 is 36.1 Å². The van der Waals surface area contributed by atoms with Crippen LogP contribution < -0.4 is 0 Å². The van der Waals surface area contributed by atoms with Crippen LogP contribution in [0.2, 0.25) is 0 Å². The van der Waals surface area contributed by atoms with Crippen LogP contribution in [0.5, 0.6) is 0 Å². The zero-order valence-corrected chi connectivity index (χ0v) is 51.4. The average molecular weight is 1290 g/mol. The number of carboxylic acids is 1. The normalized spacial score (nSPS) is 14.7. The van der Waals surface area contributed by atoms with Crippen molar-refractivity contribution in [1.29, 1.82) is 0 Å². The van der Waals surface area contributed by atoms with Gasteiger partial charge >= 0.3 is 36.1 Å². The molecule has 0 aliphatic rings. The van der Waals surface area contributed by atoms with Gasteiger partial charge in [-0.2, -0.15) is 0 Å². The minimum Gasteiger partial charge on any atom is -0.480 e. The summed E-state index contributed by atoms with van der Waals surface area (Å²) >= 11 is 0. The molecule has 15 nitrogen and oxygen atoms in total. The van der Waals surface area contributed by atoms with Crippen LogP contribution in [0, 0.1) is 11.6 Å². The van der Waals surface area contributed by atoms with Gasteiger partial charge in [0.25, 0.3) is 0 Å². The number of ether oxygens (including phenoxy) is 5. The molecule has 87 heavy (non-hydrogen) atoms. The van der Waals surface area contributed by atoms with E-state index in [1.165, 1.54) is 66.1 Å². The number of benzene rings is 6. The Kier molecular flexibility index (Phi) is 16.9. The van der Waals surface area contributed by atoms with Gasteiger partial charge in [0.1, 0.15) is 59.5 Å². The molecule has 0 saturated carbocycles. The Morgan fingerprint density at radius 1 is 0.471 bits per heavy atom. The maximum absolute atomic E-state index is 14.8. The van der Waals surface area contributed by atoms with Crippen LogP contribution in [-0.2, 0) is 68.9 Å². The van der Waals surface area contributed by atoms with E-state index < -0.39 is 82.9 Å². The van der Waals surface area contributed by atoms with E-state index in [0.29, 0.717) is 5.56 Å². The topological polar surface area (TPSA) is 196 Å². The van der Waals surface area contributed by atoms with Crippen molar-refractivity contribution in [3.63, 3.8) is 0 Å². The molecule has 2 amide bonds. The molecular formula is C68H120F4N2O13. The fourth-order valence-corrected chi connectivity index (χ4v) is 8.12. The largest absolute Gasteiger partial charge is 0.480 e. The summed E-state index contributed by atoms with van der Waals surface area (Å²) < 4.78 is 281. The highest BCUT2D eigenvalue weighted by atomic mass is 19.1. The zero-order valence-electron chi connectivity index (χ0n) is 91.4. The van der Waals surface area contributed by atoms with E-state index in [9.17, 15) is 51.4 Å². The van der Waals surface area contributed by atoms with Gasteiger partial charge in [0, 0.05) is 99.2 Å². The zero-order chi connectivity index (χ0) is 105. The minimum absolute atomic E-state index is 0.0368. The van der Waals surface area contributed by atoms with Gasteiger partial charge in [0.2, 0.25) is 6.10 Å². The molecule has 0 fully saturated rings. The van der Waals surface area contributed by atoms with Gasteiger partial charge in [0.05, 0.1) is 0 Å². The molecule has 0 unspecified atom stereocenters. The van der Waals surface area contributed by atoms with Gasteiger partial charge < -0.3 is 33.9 Å². The van der Waals surface area contributed by atoms with Crippen LogP contribution in [-0.4, -0.2) is 117 Å². The van der Waals surface area contributed by atoms with Crippen molar-refractivity contribution in [2.24, 2.45) is 0 Å². The molecule has 2 N–H and O–H groups in total. The summed E-state index contributed by atoms with van der Waals surface area (Å²) in [4.78, 5) is 76.2. The smallest absolute Gasteiger partial charge is 0.410 e. The van der Waals surface area contributed by atoms with Gasteiger partial charge in [-0.05, 0) is 138 Å². The number of esters is 3. The van der Waals surface area contributed by atoms with Crippen molar-refractivity contribution in [2.75, 3.05) is 14.1 Å². The van der Waals surface area contributed by atoms with Crippen LogP contribution in [0.25, 0.3) is 22.3 Å². The molecule has 6 aromatic rings. The molecule has 0 bridgehead atoms. The monoisotopic (exact) mass is 1290 g/mol. The summed E-state index contributed by atoms with van der Waals surface area (Å²) in [5.74, 6) is -4.28. The first-order chi connectivity index (χ1) is 60.6. The number of hydrogen-bond acceptors (Lipinski definition) is 12. The van der Waals surface area contributed by atoms with E-state index in [4.69, 9.17) is 88.2 Å². The number of hydrogen-bond donors (Lipinski definition) is 2. The highest BCUT2D eigenvalue weighted by Gasteiger charge is 2.39. The number of alkyl halides is 2. The quantitative estimate of drug-likeness (QED) is 0.0393. The second-order valence-corrected chi connectivity index (χ2v) is 23.8. The Labute approximate surface area is 568 Å². The van der Waals surface area contributed by atoms with Crippen molar-refractivity contribution in [3.05, 3.63) is 192 Å². The fourth-order valence-electron chi connectivity index (χ4n) is 8.12. The van der Waals surface area contributed by atoms with Crippen LogP contribution in [0.1, 0.15) is 164 Å². The average Bonchev–Trinajstić information content (AvgIpc) is 0.879. The standard InChI is InChI=1S/C34H39F2NO6.C22H19FO3.C12H22FNO4.20H2/c1-33(2,3)43-32(40)37(6)28(21-34(4,5)36)30(38)42-29(31(39)41-22-24-10-8-7-9-11-24)20-23-12-14-25(15-13-23)26-16-18-27(35)19-17-26;23-20-12-10-19(11-13-20)18-8-6-16(7-9-18)14-21(24)22(25)26-15-17-4-2-1-3-5-17;1-11(2,3)18-10(17)14(6)8(9(15)16)7-12(4,5)13;;;;;;;;;;;;;;;;;;;;/h7-19,28-29H,20-22H2,1-6H3;1-13,21,24H,14-15H2;8H,7H2,1-6H3,(H,15,16);20*1H/t28-,29+;21-;8-;;;;;;;;;;;;;;;;;;;;/m010..................../s1/i;;;20*1+1D. The molecule has 6 aromatic carbocycles. The molecular weight excluding hydrogens is 1130 g/mol. The third kappa shape index (κ3) is 26.3. The third-order valence-electron chi connectivity index (χ3n) is 12.6. The Morgan fingerprint density at radius 3 is 1.16 bits per heavy atom. The summed E-state index contributed by atoms with van der Waals surface area (Å²) in [5, 5.41) is 19.1. The van der Waals surface area contributed by atoms with Crippen LogP contribution in [0.4, 0.5) is 27.2 Å². The Balaban J connectivity index is -0.0000000828. The molecule has 4 atom stereocenters. The second kappa shape index (κ2) is 32.2. The highest BCUT2D eigenvalue weighted by Crippen LogP contribution is 2.27. The third-order valence-corrected chi connectivity index (χ3v) is 12.6. The number of carboxylic acid groups (broad SMARTS) is 1. The number of halogens is 4. The van der Waals surface area contributed by atoms with Gasteiger partial charge in [0.15, 0.2) is 6.10 Å². The van der Waals surface area contributed by atoms with E-state index in [1.54, 1.807) is 102 Å². The SMILES string of the molecule is CN(C(=O)OC(C)(C)C)[C@@H](CC(C)(C)F)C(=O)O.CN(C(=O)OC(C)(C)C)[C@@H](CC(C)(C)F)C(=O)O[C@H](Cc1ccc(-c2ccc(F)cc2)cc1)C(=O)OCc1ccccc1.O=C(OCc1ccccc1)[C@H](O)Cc1ccc(-c2ccc(F)cc2)cc1.[2H][2H].[2H][2H].[2H][2H].[2H][2H].[2H][2H].[2H][2H].[2H][2H].[2H][2H].[2H][2H].[2H][2H].[2H][2H].[2H][2H].[2H][2H].[2H][2H].[2H][2H].[2H][2H].[2H][2H].[2H][2H].[2H][2H].[2H][2H]. The van der Waals surface area contributed by atoms with Gasteiger partial charge in [-0.3, -0.25) is 9.80 Å². The number of carbonyl (C=O) groups excluding carboxylic acids is 5. The molecule has 508 valence electrons. The molecule has 19 heteroatoms. The number of carbonyl (C=O) groups is 6. The summed E-state index contributed by atoms with van der Waals surface area (Å²) in [6.45, 7) is 15.2. The van der Waals surface area contributed by atoms with Crippen molar-refractivity contribution < 1.29 is 140 Å². The molecule has 0 spiro atoms. The van der Waals surface area contributed by atoms with E-state index >= 15 is 0 Å². The highest BCUT2D eigenvalue weighted by molar-refractivity contribution is 5.85. The fraction of sp³-hybridized carbons (Fsp3) is 0.382. The summed E-state index contributed by atoms with van der Waals surface area (Å²) in [6, 6.07) is 42.6. The molecule has 0 aliphatic carbocycles. The summed E-state index contributed by atoms with van der Waals surface area (Å²) in [6.07, 6.45) is -4.75. The maximum atomic E-state index is 14.8. The number of likely N-dealkylation sites (N-methyl/N-ethyl adjacent to an activating group) is 2. The maximum Gasteiger partial charge on any atom is 0.410 e. The first-order valence-corrected chi connectivity index (χ1v) is 28.1. The molecule has 6 rings (SSSR count). The lowest BCUT2D eigenvalue weighted by Gasteiger charge is -2.32. The molecule has 0 aromatic heterocycles. The minimum atomic E-state index is -1.85.